The highest BCUT2D eigenvalue weighted by atomic mass is 35.5. The van der Waals surface area contributed by atoms with Crippen molar-refractivity contribution in [2.24, 2.45) is 0 Å². The van der Waals surface area contributed by atoms with Crippen molar-refractivity contribution in [3.8, 4) is 0 Å². The summed E-state index contributed by atoms with van der Waals surface area (Å²) in [6.45, 7) is 2.14. The summed E-state index contributed by atoms with van der Waals surface area (Å²) in [6.07, 6.45) is 2.24. The predicted molar refractivity (Wildman–Crippen MR) is 50.0 cm³/mol. The summed E-state index contributed by atoms with van der Waals surface area (Å²) in [6, 6.07) is 4.25. The topological polar surface area (TPSA) is 16.6 Å². The van der Waals surface area contributed by atoms with Gasteiger partial charge in [-0.05, 0) is 30.5 Å². The second-order valence-electron chi connectivity index (χ2n) is 3.83. The first kappa shape index (κ1) is 12.4. The number of rotatable bonds is 1. The van der Waals surface area contributed by atoms with Gasteiger partial charge in [-0.1, -0.05) is 6.07 Å². The van der Waals surface area contributed by atoms with Crippen LogP contribution in [0.2, 0.25) is 0 Å². The van der Waals surface area contributed by atoms with Crippen molar-refractivity contribution >= 4 is 0 Å². The number of nitrogens with two attached hydrogens (primary N) is 1. The highest BCUT2D eigenvalue weighted by Crippen LogP contribution is 2.22. The van der Waals surface area contributed by atoms with Crippen molar-refractivity contribution in [1.29, 1.82) is 0 Å². The molecule has 0 aromatic heterocycles. The fourth-order valence-corrected chi connectivity index (χ4v) is 2.01. The van der Waals surface area contributed by atoms with Crippen molar-refractivity contribution in [3.05, 3.63) is 35.4 Å². The molecule has 1 aromatic carbocycles. The van der Waals surface area contributed by atoms with Crippen LogP contribution < -0.4 is 17.7 Å². The summed E-state index contributed by atoms with van der Waals surface area (Å²) >= 11 is 0. The standard InChI is InChI=1S/C11H13F2N.ClH/c12-10-4-3-8(6-11(10)13)9-2-1-5-14-7-9;/h3-4,6,9,14H,1-2,5,7H2;1H. The van der Waals surface area contributed by atoms with E-state index in [9.17, 15) is 8.78 Å². The lowest BCUT2D eigenvalue weighted by molar-refractivity contribution is -0.664. The molecule has 1 aliphatic rings. The van der Waals surface area contributed by atoms with Gasteiger partial charge < -0.3 is 17.7 Å². The highest BCUT2D eigenvalue weighted by Gasteiger charge is 2.18. The maximum Gasteiger partial charge on any atom is 0.159 e. The minimum Gasteiger partial charge on any atom is -1.00 e. The van der Waals surface area contributed by atoms with Gasteiger partial charge in [0.25, 0.3) is 0 Å². The zero-order valence-corrected chi connectivity index (χ0v) is 9.11. The molecule has 1 aromatic rings. The zero-order valence-electron chi connectivity index (χ0n) is 8.35. The molecule has 1 aliphatic heterocycles. The summed E-state index contributed by atoms with van der Waals surface area (Å²) in [5.41, 5.74) is 0.930. The van der Waals surface area contributed by atoms with Gasteiger partial charge in [0.05, 0.1) is 13.1 Å². The van der Waals surface area contributed by atoms with Gasteiger partial charge in [-0.3, -0.25) is 0 Å². The van der Waals surface area contributed by atoms with Gasteiger partial charge in [0.2, 0.25) is 0 Å². The summed E-state index contributed by atoms with van der Waals surface area (Å²) in [5, 5.41) is 2.23. The van der Waals surface area contributed by atoms with Crippen LogP contribution in [0.15, 0.2) is 18.2 Å². The van der Waals surface area contributed by atoms with E-state index in [0.717, 1.165) is 31.5 Å². The third kappa shape index (κ3) is 2.89. The summed E-state index contributed by atoms with van der Waals surface area (Å²) < 4.78 is 25.6. The van der Waals surface area contributed by atoms with E-state index in [-0.39, 0.29) is 12.4 Å². The minimum atomic E-state index is -0.756. The predicted octanol–water partition coefficient (Wildman–Crippen LogP) is -1.59. The molecular weight excluding hydrogens is 220 g/mol. The van der Waals surface area contributed by atoms with Crippen molar-refractivity contribution in [2.45, 2.75) is 18.8 Å². The Balaban J connectivity index is 0.00000112. The maximum atomic E-state index is 12.9. The molecule has 4 heteroatoms. The SMILES string of the molecule is Fc1ccc(C2CCC[NH2+]C2)cc1F.[Cl-]. The highest BCUT2D eigenvalue weighted by molar-refractivity contribution is 5.21. The fraction of sp³-hybridized carbons (Fsp3) is 0.455. The van der Waals surface area contributed by atoms with E-state index in [1.54, 1.807) is 6.07 Å². The van der Waals surface area contributed by atoms with Gasteiger partial charge >= 0.3 is 0 Å². The second-order valence-corrected chi connectivity index (χ2v) is 3.83. The van der Waals surface area contributed by atoms with Gasteiger partial charge in [-0.15, -0.1) is 0 Å². The quantitative estimate of drug-likeness (QED) is 0.603. The molecule has 0 amide bonds. The number of benzene rings is 1. The van der Waals surface area contributed by atoms with Gasteiger partial charge in [0.1, 0.15) is 0 Å². The van der Waals surface area contributed by atoms with Crippen LogP contribution in [0.1, 0.15) is 24.3 Å². The van der Waals surface area contributed by atoms with Crippen LogP contribution >= 0.6 is 0 Å². The monoisotopic (exact) mass is 233 g/mol. The van der Waals surface area contributed by atoms with Crippen LogP contribution in [0.3, 0.4) is 0 Å². The Bertz CT molecular complexity index is 324. The molecule has 1 atom stereocenters. The number of hydrogen-bond acceptors (Lipinski definition) is 0. The van der Waals surface area contributed by atoms with Gasteiger partial charge in [0, 0.05) is 5.92 Å². The Morgan fingerprint density at radius 1 is 1.20 bits per heavy atom. The van der Waals surface area contributed by atoms with E-state index < -0.39 is 11.6 Å². The van der Waals surface area contributed by atoms with Crippen LogP contribution in [-0.2, 0) is 0 Å². The average molecular weight is 234 g/mol. The molecular formula is C11H14ClF2N. The molecule has 1 unspecified atom stereocenters. The number of hydrogen-bond donors (Lipinski definition) is 1. The van der Waals surface area contributed by atoms with Crippen molar-refractivity contribution < 1.29 is 26.5 Å². The molecule has 1 heterocycles. The Labute approximate surface area is 94.3 Å². The lowest BCUT2D eigenvalue weighted by Crippen LogP contribution is -3.00. The molecule has 2 N–H and O–H groups in total. The molecule has 0 bridgehead atoms. The Kier molecular flexibility index (Phi) is 4.48. The Hall–Kier alpha value is -0.670. The number of halogens is 3. The maximum absolute atomic E-state index is 12.9. The molecule has 0 saturated carbocycles. The molecule has 2 rings (SSSR count). The lowest BCUT2D eigenvalue weighted by atomic mass is 9.92. The molecule has 0 aliphatic carbocycles. The van der Waals surface area contributed by atoms with Crippen LogP contribution in [0.5, 0.6) is 0 Å². The Morgan fingerprint density at radius 2 is 2.00 bits per heavy atom. The van der Waals surface area contributed by atoms with E-state index in [4.69, 9.17) is 0 Å². The average Bonchev–Trinajstić information content (AvgIpc) is 2.23. The van der Waals surface area contributed by atoms with Crippen LogP contribution in [-0.4, -0.2) is 13.1 Å². The summed E-state index contributed by atoms with van der Waals surface area (Å²) in [4.78, 5) is 0. The largest absolute Gasteiger partial charge is 1.00 e. The third-order valence-corrected chi connectivity index (χ3v) is 2.83. The number of quaternary nitrogens is 1. The van der Waals surface area contributed by atoms with Crippen molar-refractivity contribution in [2.75, 3.05) is 13.1 Å². The zero-order chi connectivity index (χ0) is 9.97. The third-order valence-electron chi connectivity index (χ3n) is 2.83. The fourth-order valence-electron chi connectivity index (χ4n) is 2.01. The van der Waals surface area contributed by atoms with Crippen molar-refractivity contribution in [3.63, 3.8) is 0 Å². The summed E-state index contributed by atoms with van der Waals surface area (Å²) in [7, 11) is 0. The second kappa shape index (κ2) is 5.42. The van der Waals surface area contributed by atoms with Crippen molar-refractivity contribution in [1.82, 2.24) is 0 Å². The van der Waals surface area contributed by atoms with Gasteiger partial charge in [-0.2, -0.15) is 0 Å². The van der Waals surface area contributed by atoms with Crippen LogP contribution in [0, 0.1) is 11.6 Å². The molecule has 84 valence electrons. The number of piperidine rings is 1. The van der Waals surface area contributed by atoms with Crippen LogP contribution in [0.4, 0.5) is 8.78 Å². The van der Waals surface area contributed by atoms with E-state index in [1.807, 2.05) is 0 Å². The first-order valence-corrected chi connectivity index (χ1v) is 5.04. The normalized spacial score (nSPS) is 20.8. The first-order chi connectivity index (χ1) is 6.77. The van der Waals surface area contributed by atoms with Gasteiger partial charge in [-0.25, -0.2) is 8.78 Å². The van der Waals surface area contributed by atoms with Crippen LogP contribution in [0.25, 0.3) is 0 Å². The smallest absolute Gasteiger partial charge is 0.159 e. The summed E-state index contributed by atoms with van der Waals surface area (Å²) in [5.74, 6) is -1.10. The van der Waals surface area contributed by atoms with E-state index in [1.165, 1.54) is 12.1 Å². The van der Waals surface area contributed by atoms with Gasteiger partial charge in [0.15, 0.2) is 11.6 Å². The lowest BCUT2D eigenvalue weighted by Gasteiger charge is -2.20. The molecule has 1 fully saturated rings. The Morgan fingerprint density at radius 3 is 2.60 bits per heavy atom. The molecule has 15 heavy (non-hydrogen) atoms. The first-order valence-electron chi connectivity index (χ1n) is 5.04. The van der Waals surface area contributed by atoms with E-state index in [0.29, 0.717) is 5.92 Å². The van der Waals surface area contributed by atoms with E-state index >= 15 is 0 Å². The molecule has 1 saturated heterocycles. The minimum absolute atomic E-state index is 0. The molecule has 0 radical (unpaired) electrons. The van der Waals surface area contributed by atoms with E-state index in [2.05, 4.69) is 5.32 Å². The molecule has 0 spiro atoms. The molecule has 1 nitrogen and oxygen atoms in total.